The number of H-pyrrole nitrogens is 1. The third kappa shape index (κ3) is 2.74. The summed E-state index contributed by atoms with van der Waals surface area (Å²) in [6.45, 7) is 1.81. The molecule has 0 spiro atoms. The normalized spacial score (nSPS) is 21.3. The summed E-state index contributed by atoms with van der Waals surface area (Å²) in [4.78, 5) is 7.52. The minimum atomic E-state index is 0.471. The first-order chi connectivity index (χ1) is 11.9. The van der Waals surface area contributed by atoms with E-state index in [1.54, 1.807) is 10.8 Å². The SMILES string of the molecule is N#CCCNCC1CCC(c2nnn3cnc4[nH]ccc4c23)CC1. The standard InChI is InChI=1S/C17H21N7/c18-7-1-8-19-10-12-2-4-13(5-3-12)15-16-14-6-9-20-17(14)21-11-24(16)23-22-15/h6,9,11-13,19-20H,1-5,8,10H2. The molecule has 0 aliphatic heterocycles. The Morgan fingerprint density at radius 1 is 1.33 bits per heavy atom. The van der Waals surface area contributed by atoms with E-state index >= 15 is 0 Å². The molecule has 0 bridgehead atoms. The molecule has 3 heterocycles. The van der Waals surface area contributed by atoms with Crippen molar-refractivity contribution in [3.05, 3.63) is 24.3 Å². The van der Waals surface area contributed by atoms with Crippen molar-refractivity contribution in [1.82, 2.24) is 30.1 Å². The van der Waals surface area contributed by atoms with Crippen molar-refractivity contribution >= 4 is 16.6 Å². The van der Waals surface area contributed by atoms with Crippen molar-refractivity contribution in [2.45, 2.75) is 38.0 Å². The molecule has 4 rings (SSSR count). The van der Waals surface area contributed by atoms with Crippen molar-refractivity contribution < 1.29 is 0 Å². The largest absolute Gasteiger partial charge is 0.346 e. The topological polar surface area (TPSA) is 94.7 Å². The van der Waals surface area contributed by atoms with Crippen LogP contribution in [-0.2, 0) is 0 Å². The van der Waals surface area contributed by atoms with Gasteiger partial charge < -0.3 is 10.3 Å². The van der Waals surface area contributed by atoms with Gasteiger partial charge in [-0.2, -0.15) is 5.26 Å². The van der Waals surface area contributed by atoms with Crippen molar-refractivity contribution in [3.8, 4) is 6.07 Å². The highest BCUT2D eigenvalue weighted by molar-refractivity contribution is 5.92. The molecule has 3 aromatic heterocycles. The lowest BCUT2D eigenvalue weighted by Gasteiger charge is -2.27. The molecular formula is C17H21N7. The van der Waals surface area contributed by atoms with Gasteiger partial charge in [-0.25, -0.2) is 9.50 Å². The summed E-state index contributed by atoms with van der Waals surface area (Å²) in [6, 6.07) is 4.22. The van der Waals surface area contributed by atoms with Crippen LogP contribution in [0.15, 0.2) is 18.6 Å². The lowest BCUT2D eigenvalue weighted by molar-refractivity contribution is 0.313. The van der Waals surface area contributed by atoms with Crippen LogP contribution in [0, 0.1) is 17.2 Å². The Hall–Kier alpha value is -2.46. The van der Waals surface area contributed by atoms with Crippen LogP contribution in [0.3, 0.4) is 0 Å². The van der Waals surface area contributed by atoms with E-state index in [-0.39, 0.29) is 0 Å². The molecule has 3 aromatic rings. The number of hydrogen-bond donors (Lipinski definition) is 2. The van der Waals surface area contributed by atoms with Gasteiger partial charge in [0.2, 0.25) is 0 Å². The van der Waals surface area contributed by atoms with E-state index in [4.69, 9.17) is 5.26 Å². The third-order valence-electron chi connectivity index (χ3n) is 5.08. The van der Waals surface area contributed by atoms with Gasteiger partial charge in [0, 0.05) is 30.5 Å². The zero-order valence-electron chi connectivity index (χ0n) is 13.6. The zero-order valence-corrected chi connectivity index (χ0v) is 13.6. The quantitative estimate of drug-likeness (QED) is 0.703. The highest BCUT2D eigenvalue weighted by Gasteiger charge is 2.26. The maximum atomic E-state index is 8.58. The van der Waals surface area contributed by atoms with E-state index in [1.807, 2.05) is 6.20 Å². The average Bonchev–Trinajstić information content (AvgIpc) is 3.25. The fourth-order valence-corrected chi connectivity index (χ4v) is 3.78. The van der Waals surface area contributed by atoms with Crippen molar-refractivity contribution in [2.24, 2.45) is 5.92 Å². The van der Waals surface area contributed by atoms with E-state index in [2.05, 4.69) is 37.7 Å². The average molecular weight is 323 g/mol. The number of nitrogens with zero attached hydrogens (tertiary/aromatic N) is 5. The van der Waals surface area contributed by atoms with E-state index in [0.29, 0.717) is 18.3 Å². The first-order valence-corrected chi connectivity index (χ1v) is 8.61. The highest BCUT2D eigenvalue weighted by atomic mass is 15.4. The molecule has 1 saturated carbocycles. The molecule has 0 saturated heterocycles. The molecule has 1 aliphatic carbocycles. The summed E-state index contributed by atoms with van der Waals surface area (Å²) < 4.78 is 1.79. The van der Waals surface area contributed by atoms with Gasteiger partial charge in [-0.15, -0.1) is 5.10 Å². The molecule has 0 amide bonds. The maximum absolute atomic E-state index is 8.58. The summed E-state index contributed by atoms with van der Waals surface area (Å²) in [6.07, 6.45) is 8.92. The number of hydrogen-bond acceptors (Lipinski definition) is 5. The molecule has 124 valence electrons. The minimum absolute atomic E-state index is 0.471. The van der Waals surface area contributed by atoms with Crippen molar-refractivity contribution in [1.29, 1.82) is 5.26 Å². The van der Waals surface area contributed by atoms with E-state index < -0.39 is 0 Å². The number of rotatable bonds is 5. The Balaban J connectivity index is 1.47. The monoisotopic (exact) mass is 323 g/mol. The van der Waals surface area contributed by atoms with Crippen LogP contribution < -0.4 is 5.32 Å². The molecule has 7 nitrogen and oxygen atoms in total. The Bertz CT molecular complexity index is 864. The second-order valence-electron chi connectivity index (χ2n) is 6.58. The molecule has 0 radical (unpaired) electrons. The minimum Gasteiger partial charge on any atom is -0.346 e. The van der Waals surface area contributed by atoms with Crippen LogP contribution in [0.2, 0.25) is 0 Å². The summed E-state index contributed by atoms with van der Waals surface area (Å²) in [7, 11) is 0. The Kier molecular flexibility index (Phi) is 4.13. The van der Waals surface area contributed by atoms with Crippen LogP contribution in [0.1, 0.15) is 43.7 Å². The lowest BCUT2D eigenvalue weighted by Crippen LogP contribution is -2.26. The summed E-state index contributed by atoms with van der Waals surface area (Å²) >= 11 is 0. The maximum Gasteiger partial charge on any atom is 0.141 e. The van der Waals surface area contributed by atoms with Crippen LogP contribution in [0.25, 0.3) is 16.6 Å². The van der Waals surface area contributed by atoms with Crippen LogP contribution in [0.5, 0.6) is 0 Å². The Morgan fingerprint density at radius 3 is 3.04 bits per heavy atom. The molecule has 2 N–H and O–H groups in total. The van der Waals surface area contributed by atoms with Gasteiger partial charge in [0.1, 0.15) is 17.5 Å². The van der Waals surface area contributed by atoms with Crippen LogP contribution in [-0.4, -0.2) is 37.9 Å². The molecule has 7 heteroatoms. The first kappa shape index (κ1) is 15.1. The lowest BCUT2D eigenvalue weighted by atomic mass is 9.80. The number of aromatic nitrogens is 5. The highest BCUT2D eigenvalue weighted by Crippen LogP contribution is 2.37. The van der Waals surface area contributed by atoms with Crippen molar-refractivity contribution in [3.63, 3.8) is 0 Å². The fraction of sp³-hybridized carbons (Fsp3) is 0.529. The van der Waals surface area contributed by atoms with Crippen LogP contribution in [0.4, 0.5) is 0 Å². The van der Waals surface area contributed by atoms with E-state index in [9.17, 15) is 0 Å². The number of aromatic amines is 1. The van der Waals surface area contributed by atoms with Crippen molar-refractivity contribution in [2.75, 3.05) is 13.1 Å². The predicted octanol–water partition coefficient (Wildman–Crippen LogP) is 2.38. The molecule has 0 unspecified atom stereocenters. The van der Waals surface area contributed by atoms with Gasteiger partial charge in [0.25, 0.3) is 0 Å². The van der Waals surface area contributed by atoms with Gasteiger partial charge in [0.15, 0.2) is 0 Å². The number of fused-ring (bicyclic) bond motifs is 3. The number of nitriles is 1. The summed E-state index contributed by atoms with van der Waals surface area (Å²) in [5.74, 6) is 1.18. The third-order valence-corrected chi connectivity index (χ3v) is 5.08. The van der Waals surface area contributed by atoms with Crippen LogP contribution >= 0.6 is 0 Å². The Labute approximate surface area is 140 Å². The Morgan fingerprint density at radius 2 is 2.21 bits per heavy atom. The number of nitrogens with one attached hydrogen (secondary N) is 2. The van der Waals surface area contributed by atoms with Gasteiger partial charge in [-0.3, -0.25) is 0 Å². The smallest absolute Gasteiger partial charge is 0.141 e. The first-order valence-electron chi connectivity index (χ1n) is 8.61. The molecule has 1 aliphatic rings. The van der Waals surface area contributed by atoms with Gasteiger partial charge in [-0.05, 0) is 44.2 Å². The van der Waals surface area contributed by atoms with Gasteiger partial charge in [0.05, 0.1) is 11.8 Å². The summed E-state index contributed by atoms with van der Waals surface area (Å²) in [5.41, 5.74) is 3.09. The van der Waals surface area contributed by atoms with Gasteiger partial charge in [-0.1, -0.05) is 5.21 Å². The fourth-order valence-electron chi connectivity index (χ4n) is 3.78. The second-order valence-corrected chi connectivity index (χ2v) is 6.58. The molecule has 0 aromatic carbocycles. The van der Waals surface area contributed by atoms with E-state index in [0.717, 1.165) is 48.2 Å². The zero-order chi connectivity index (χ0) is 16.4. The predicted molar refractivity (Wildman–Crippen MR) is 90.4 cm³/mol. The van der Waals surface area contributed by atoms with E-state index in [1.165, 1.54) is 12.8 Å². The summed E-state index contributed by atoms with van der Waals surface area (Å²) in [5, 5.41) is 21.8. The molecule has 0 atom stereocenters. The molecular weight excluding hydrogens is 302 g/mol. The molecule has 1 fully saturated rings. The molecule has 24 heavy (non-hydrogen) atoms. The second kappa shape index (κ2) is 6.57. The van der Waals surface area contributed by atoms with Gasteiger partial charge >= 0.3 is 0 Å².